The molecule has 172 valence electrons. The minimum atomic E-state index is -0.330. The van der Waals surface area contributed by atoms with Crippen molar-refractivity contribution in [2.24, 2.45) is 0 Å². The van der Waals surface area contributed by atoms with Gasteiger partial charge in [0.15, 0.2) is 11.5 Å². The van der Waals surface area contributed by atoms with Gasteiger partial charge in [0.1, 0.15) is 5.82 Å². The molecule has 0 unspecified atom stereocenters. The number of fused-ring (bicyclic) bond motifs is 1. The number of benzene rings is 2. The Hall–Kier alpha value is -3.91. The molecule has 3 heterocycles. The fraction of sp³-hybridized carbons (Fsp3) is 0.200. The molecule has 5 rings (SSSR count). The Kier molecular flexibility index (Phi) is 5.45. The summed E-state index contributed by atoms with van der Waals surface area (Å²) in [7, 11) is 1.49. The summed E-state index contributed by atoms with van der Waals surface area (Å²) in [4.78, 5) is 22.0. The van der Waals surface area contributed by atoms with E-state index in [9.17, 15) is 9.90 Å². The van der Waals surface area contributed by atoms with Crippen LogP contribution in [0.4, 0.5) is 5.82 Å². The first kappa shape index (κ1) is 21.9. The molecule has 1 aliphatic heterocycles. The first-order valence-corrected chi connectivity index (χ1v) is 11.1. The van der Waals surface area contributed by atoms with Gasteiger partial charge in [-0.3, -0.25) is 4.79 Å². The number of carbonyl (C=O) groups is 1. The Bertz CT molecular complexity index is 1390. The average molecular weight is 476 g/mol. The van der Waals surface area contributed by atoms with E-state index in [0.29, 0.717) is 28.2 Å². The number of hydrogen-bond donors (Lipinski definition) is 2. The molecular weight excluding hydrogens is 454 g/mol. The zero-order chi connectivity index (χ0) is 24.0. The van der Waals surface area contributed by atoms with Crippen molar-refractivity contribution in [3.05, 3.63) is 76.1 Å². The first-order chi connectivity index (χ1) is 16.3. The minimum Gasteiger partial charge on any atom is -0.504 e. The number of rotatable bonds is 4. The molecule has 2 aromatic heterocycles. The summed E-state index contributed by atoms with van der Waals surface area (Å²) in [6, 6.07) is 14.4. The standard InChI is InChI=1S/C25H22ClN5O3/c1-13-10-14(2)28-25(27-13)31-24-22(23(30-31)15-4-7-17(26)8-5-15)18(12-21(33)29-24)16-6-9-19(32)20(11-16)34-3/h4-11,18,32H,12H2,1-3H3,(H,29,33)/t18-/m1/s1. The van der Waals surface area contributed by atoms with E-state index < -0.39 is 0 Å². The molecular formula is C25H22ClN5O3. The quantitative estimate of drug-likeness (QED) is 0.440. The Morgan fingerprint density at radius 1 is 1.09 bits per heavy atom. The number of phenols is 1. The van der Waals surface area contributed by atoms with Crippen LogP contribution < -0.4 is 10.1 Å². The van der Waals surface area contributed by atoms with Gasteiger partial charge in [-0.25, -0.2) is 9.97 Å². The molecule has 1 aliphatic rings. The van der Waals surface area contributed by atoms with Gasteiger partial charge in [-0.2, -0.15) is 9.78 Å². The predicted molar refractivity (Wildman–Crippen MR) is 129 cm³/mol. The van der Waals surface area contributed by atoms with Gasteiger partial charge in [0.05, 0.1) is 12.8 Å². The molecule has 0 fully saturated rings. The zero-order valence-electron chi connectivity index (χ0n) is 18.8. The van der Waals surface area contributed by atoms with Crippen LogP contribution in [0.25, 0.3) is 17.2 Å². The number of aryl methyl sites for hydroxylation is 2. The van der Waals surface area contributed by atoms with Crippen molar-refractivity contribution in [1.82, 2.24) is 19.7 Å². The van der Waals surface area contributed by atoms with E-state index in [1.54, 1.807) is 35.0 Å². The minimum absolute atomic E-state index is 0.0315. The highest BCUT2D eigenvalue weighted by Gasteiger charge is 2.35. The number of hydrogen-bond acceptors (Lipinski definition) is 6. The topological polar surface area (TPSA) is 102 Å². The number of phenolic OH excluding ortho intramolecular Hbond substituents is 1. The molecule has 4 aromatic rings. The third kappa shape index (κ3) is 3.86. The van der Waals surface area contributed by atoms with Gasteiger partial charge >= 0.3 is 0 Å². The highest BCUT2D eigenvalue weighted by molar-refractivity contribution is 6.30. The first-order valence-electron chi connectivity index (χ1n) is 10.7. The fourth-order valence-corrected chi connectivity index (χ4v) is 4.44. The molecule has 0 saturated heterocycles. The molecule has 0 aliphatic carbocycles. The molecule has 0 saturated carbocycles. The maximum Gasteiger partial charge on any atom is 0.252 e. The van der Waals surface area contributed by atoms with Gasteiger partial charge in [0, 0.05) is 39.9 Å². The number of nitrogens with one attached hydrogen (secondary N) is 1. The SMILES string of the molecule is COc1cc([C@H]2CC(=O)Nc3c2c(-c2ccc(Cl)cc2)nn3-c2nc(C)cc(C)n2)ccc1O. The van der Waals surface area contributed by atoms with Crippen molar-refractivity contribution in [1.29, 1.82) is 0 Å². The van der Waals surface area contributed by atoms with Crippen molar-refractivity contribution in [2.45, 2.75) is 26.2 Å². The van der Waals surface area contributed by atoms with Gasteiger partial charge in [0.25, 0.3) is 5.95 Å². The van der Waals surface area contributed by atoms with Gasteiger partial charge in [0.2, 0.25) is 5.91 Å². The summed E-state index contributed by atoms with van der Waals surface area (Å²) < 4.78 is 6.90. The number of aromatic nitrogens is 4. The molecule has 9 heteroatoms. The summed E-state index contributed by atoms with van der Waals surface area (Å²) in [5.74, 6) is 0.773. The normalized spacial score (nSPS) is 15.1. The third-order valence-corrected chi connectivity index (χ3v) is 6.05. The molecule has 2 N–H and O–H groups in total. The number of nitrogens with zero attached hydrogens (tertiary/aromatic N) is 4. The van der Waals surface area contributed by atoms with E-state index in [1.807, 2.05) is 32.0 Å². The number of amides is 1. The highest BCUT2D eigenvalue weighted by Crippen LogP contribution is 2.45. The smallest absolute Gasteiger partial charge is 0.252 e. The Morgan fingerprint density at radius 3 is 2.47 bits per heavy atom. The van der Waals surface area contributed by atoms with Crippen LogP contribution in [0.15, 0.2) is 48.5 Å². The van der Waals surface area contributed by atoms with Crippen LogP contribution in [-0.2, 0) is 4.79 Å². The molecule has 0 radical (unpaired) electrons. The number of aromatic hydroxyl groups is 1. The Balaban J connectivity index is 1.78. The van der Waals surface area contributed by atoms with Crippen molar-refractivity contribution < 1.29 is 14.6 Å². The van der Waals surface area contributed by atoms with Gasteiger partial charge in [-0.1, -0.05) is 29.8 Å². The van der Waals surface area contributed by atoms with Gasteiger partial charge in [-0.15, -0.1) is 0 Å². The molecule has 34 heavy (non-hydrogen) atoms. The number of carbonyl (C=O) groups excluding carboxylic acids is 1. The average Bonchev–Trinajstić information content (AvgIpc) is 3.18. The summed E-state index contributed by atoms with van der Waals surface area (Å²) in [6.07, 6.45) is 0.209. The molecule has 0 bridgehead atoms. The molecule has 1 atom stereocenters. The summed E-state index contributed by atoms with van der Waals surface area (Å²) in [5, 5.41) is 18.6. The number of anilines is 1. The number of methoxy groups -OCH3 is 1. The van der Waals surface area contributed by atoms with Crippen molar-refractivity contribution in [2.75, 3.05) is 12.4 Å². The monoisotopic (exact) mass is 475 g/mol. The van der Waals surface area contributed by atoms with E-state index in [2.05, 4.69) is 15.3 Å². The van der Waals surface area contributed by atoms with Crippen LogP contribution in [0, 0.1) is 13.8 Å². The second kappa shape index (κ2) is 8.46. The number of halogens is 1. The van der Waals surface area contributed by atoms with E-state index in [-0.39, 0.29) is 24.0 Å². The fourth-order valence-electron chi connectivity index (χ4n) is 4.31. The maximum absolute atomic E-state index is 12.8. The van der Waals surface area contributed by atoms with Crippen LogP contribution in [-0.4, -0.2) is 37.9 Å². The summed E-state index contributed by atoms with van der Waals surface area (Å²) >= 11 is 6.13. The van der Waals surface area contributed by atoms with Crippen molar-refractivity contribution in [3.63, 3.8) is 0 Å². The summed E-state index contributed by atoms with van der Waals surface area (Å²) in [5.41, 5.74) is 4.77. The molecule has 8 nitrogen and oxygen atoms in total. The van der Waals surface area contributed by atoms with Gasteiger partial charge < -0.3 is 15.2 Å². The van der Waals surface area contributed by atoms with Crippen LogP contribution >= 0.6 is 11.6 Å². The van der Waals surface area contributed by atoms with Crippen LogP contribution in [0.2, 0.25) is 5.02 Å². The second-order valence-electron chi connectivity index (χ2n) is 8.22. The van der Waals surface area contributed by atoms with E-state index >= 15 is 0 Å². The van der Waals surface area contributed by atoms with Crippen LogP contribution in [0.3, 0.4) is 0 Å². The lowest BCUT2D eigenvalue weighted by Gasteiger charge is -2.25. The van der Waals surface area contributed by atoms with Crippen molar-refractivity contribution in [3.8, 4) is 28.7 Å². The van der Waals surface area contributed by atoms with E-state index in [1.165, 1.54) is 7.11 Å². The molecule has 0 spiro atoms. The zero-order valence-corrected chi connectivity index (χ0v) is 19.6. The van der Waals surface area contributed by atoms with E-state index in [4.69, 9.17) is 21.4 Å². The number of ether oxygens (including phenoxy) is 1. The maximum atomic E-state index is 12.8. The predicted octanol–water partition coefficient (Wildman–Crippen LogP) is 4.79. The summed E-state index contributed by atoms with van der Waals surface area (Å²) in [6.45, 7) is 3.77. The molecule has 1 amide bonds. The highest BCUT2D eigenvalue weighted by atomic mass is 35.5. The molecule has 2 aromatic carbocycles. The second-order valence-corrected chi connectivity index (χ2v) is 8.65. The van der Waals surface area contributed by atoms with Crippen LogP contribution in [0.5, 0.6) is 11.5 Å². The lowest BCUT2D eigenvalue weighted by Crippen LogP contribution is -2.25. The largest absolute Gasteiger partial charge is 0.504 e. The van der Waals surface area contributed by atoms with Crippen LogP contribution in [0.1, 0.15) is 34.9 Å². The lowest BCUT2D eigenvalue weighted by molar-refractivity contribution is -0.116. The van der Waals surface area contributed by atoms with Gasteiger partial charge in [-0.05, 0) is 49.7 Å². The lowest BCUT2D eigenvalue weighted by atomic mass is 9.84. The Labute approximate surface area is 201 Å². The van der Waals surface area contributed by atoms with E-state index in [0.717, 1.165) is 28.1 Å². The van der Waals surface area contributed by atoms with Crippen molar-refractivity contribution >= 4 is 23.3 Å². The Morgan fingerprint density at radius 2 is 1.79 bits per heavy atom. The third-order valence-electron chi connectivity index (χ3n) is 5.80.